The zero-order chi connectivity index (χ0) is 34.6. The van der Waals surface area contributed by atoms with Crippen LogP contribution in [-0.4, -0.2) is 63.5 Å². The summed E-state index contributed by atoms with van der Waals surface area (Å²) in [5.74, 6) is -10.7. The first-order valence-electron chi connectivity index (χ1n) is 14.6. The fourth-order valence-electron chi connectivity index (χ4n) is 5.88. The number of allylic oxidation sites excluding steroid dienone is 4. The average Bonchev–Trinajstić information content (AvgIpc) is 2.93. The summed E-state index contributed by atoms with van der Waals surface area (Å²) in [5, 5.41) is 15.9. The van der Waals surface area contributed by atoms with Gasteiger partial charge in [0.15, 0.2) is 0 Å². The molecule has 46 heavy (non-hydrogen) atoms. The Labute approximate surface area is 273 Å². The van der Waals surface area contributed by atoms with Gasteiger partial charge in [-0.2, -0.15) is 52.7 Å². The van der Waals surface area contributed by atoms with Crippen LogP contribution in [0.1, 0.15) is 96.3 Å². The fourth-order valence-corrected chi connectivity index (χ4v) is 11.1. The van der Waals surface area contributed by atoms with Crippen LogP contribution in [-0.2, 0) is 30.0 Å². The third kappa shape index (κ3) is 16.7. The summed E-state index contributed by atoms with van der Waals surface area (Å²) in [6, 6.07) is 0. The van der Waals surface area contributed by atoms with Crippen LogP contribution in [0.2, 0.25) is 0 Å². The Hall–Kier alpha value is -1.33. The van der Waals surface area contributed by atoms with E-state index in [1.807, 2.05) is 0 Å². The SMILES string of the molecule is C1CCC([PH+](C2CCCCC2)C2CCCCC2)CC1.O=C(/C=C(\O)C(F)(F)F)C(F)(F)F.O=C(/C=C(\O)C(F)(F)F)C(F)(F)F.[Pd]. The summed E-state index contributed by atoms with van der Waals surface area (Å²) in [6.07, 6.45) is 0.431. The molecule has 0 aromatic carbocycles. The summed E-state index contributed by atoms with van der Waals surface area (Å²) in [5.41, 5.74) is 3.68. The molecule has 0 aromatic rings. The third-order valence-corrected chi connectivity index (χ3v) is 12.5. The molecule has 0 heterocycles. The first-order chi connectivity index (χ1) is 20.5. The smallest absolute Gasteiger partial charge is 0.454 e. The third-order valence-electron chi connectivity index (χ3n) is 7.91. The van der Waals surface area contributed by atoms with Crippen LogP contribution in [0, 0.1) is 0 Å². The van der Waals surface area contributed by atoms with Gasteiger partial charge >= 0.3 is 24.7 Å². The van der Waals surface area contributed by atoms with E-state index in [0.717, 1.165) is 0 Å². The number of aliphatic hydroxyl groups is 2. The molecule has 3 rings (SSSR count). The molecule has 3 aliphatic carbocycles. The molecule has 0 amide bonds. The molecule has 0 radical (unpaired) electrons. The summed E-state index contributed by atoms with van der Waals surface area (Å²) >= 11 is 0. The molecule has 3 aliphatic rings. The van der Waals surface area contributed by atoms with Gasteiger partial charge in [-0.3, -0.25) is 9.59 Å². The molecule has 18 heteroatoms. The Balaban J connectivity index is 0.000000677. The van der Waals surface area contributed by atoms with E-state index >= 15 is 0 Å². The fraction of sp³-hybridized carbons (Fsp3) is 0.786. The Bertz CT molecular complexity index is 894. The second-order valence-electron chi connectivity index (χ2n) is 11.3. The molecule has 4 nitrogen and oxygen atoms in total. The zero-order valence-corrected chi connectivity index (χ0v) is 27.1. The second-order valence-corrected chi connectivity index (χ2v) is 14.7. The number of halogens is 12. The number of rotatable bonds is 5. The molecule has 3 fully saturated rings. The van der Waals surface area contributed by atoms with Crippen molar-refractivity contribution in [3.05, 3.63) is 23.7 Å². The molecule has 0 atom stereocenters. The summed E-state index contributed by atoms with van der Waals surface area (Å²) in [4.78, 5) is 19.7. The van der Waals surface area contributed by atoms with Crippen molar-refractivity contribution in [1.29, 1.82) is 0 Å². The van der Waals surface area contributed by atoms with Gasteiger partial charge in [-0.15, -0.1) is 0 Å². The molecule has 0 saturated heterocycles. The Morgan fingerprint density at radius 1 is 0.457 bits per heavy atom. The van der Waals surface area contributed by atoms with E-state index < -0.39 is 59.9 Å². The summed E-state index contributed by atoms with van der Waals surface area (Å²) in [7, 11) is -0.0465. The van der Waals surface area contributed by atoms with Gasteiger partial charge in [-0.25, -0.2) is 0 Å². The second kappa shape index (κ2) is 19.6. The van der Waals surface area contributed by atoms with Crippen molar-refractivity contribution >= 4 is 19.5 Å². The first-order valence-corrected chi connectivity index (χ1v) is 16.3. The van der Waals surface area contributed by atoms with Gasteiger partial charge in [-0.1, -0.05) is 19.3 Å². The molecular formula is C28H38F12O4PPd+. The van der Waals surface area contributed by atoms with Crippen LogP contribution in [0.4, 0.5) is 52.7 Å². The standard InChI is InChI=1S/C18H33P.2C5H2F6O2.Pd/c1-4-10-16(11-5-1)19(17-12-6-2-7-13-17)18-14-8-3-9-15-18;2*6-4(7,8)2(12)1-3(13)5(9,10)11;/h16-18H,1-15H2;2*1,12H;/p+1/b;2*2-1-;. The van der Waals surface area contributed by atoms with Crippen molar-refractivity contribution in [3.8, 4) is 0 Å². The first kappa shape index (κ1) is 44.7. The van der Waals surface area contributed by atoms with Gasteiger partial charge in [0.25, 0.3) is 11.6 Å². The van der Waals surface area contributed by atoms with E-state index in [-0.39, 0.29) is 28.3 Å². The van der Waals surface area contributed by atoms with E-state index in [2.05, 4.69) is 0 Å². The maximum Gasteiger partial charge on any atom is 0.454 e. The minimum Gasteiger partial charge on any atom is -0.504 e. The quantitative estimate of drug-likeness (QED) is 0.0955. The average molecular weight is 804 g/mol. The normalized spacial score (nSPS) is 20.1. The van der Waals surface area contributed by atoms with E-state index in [1.54, 1.807) is 96.3 Å². The van der Waals surface area contributed by atoms with Crippen molar-refractivity contribution in [2.24, 2.45) is 0 Å². The molecule has 2 N–H and O–H groups in total. The van der Waals surface area contributed by atoms with Crippen molar-refractivity contribution in [1.82, 2.24) is 0 Å². The number of alkyl halides is 12. The molecule has 0 unspecified atom stereocenters. The number of aliphatic hydroxyl groups excluding tert-OH is 2. The topological polar surface area (TPSA) is 74.6 Å². The van der Waals surface area contributed by atoms with Crippen LogP contribution in [0.5, 0.6) is 0 Å². The number of hydrogen-bond donors (Lipinski definition) is 2. The van der Waals surface area contributed by atoms with Gasteiger partial charge < -0.3 is 10.2 Å². The van der Waals surface area contributed by atoms with Crippen LogP contribution >= 0.6 is 7.92 Å². The van der Waals surface area contributed by atoms with Crippen molar-refractivity contribution in [3.63, 3.8) is 0 Å². The minimum absolute atomic E-state index is 0. The summed E-state index contributed by atoms with van der Waals surface area (Å²) in [6.45, 7) is 0. The van der Waals surface area contributed by atoms with E-state index in [1.165, 1.54) is 17.0 Å². The molecule has 0 aromatic heterocycles. The van der Waals surface area contributed by atoms with Crippen molar-refractivity contribution in [2.75, 3.05) is 0 Å². The van der Waals surface area contributed by atoms with Crippen LogP contribution in [0.25, 0.3) is 0 Å². The minimum atomic E-state index is -5.42. The Morgan fingerprint density at radius 2 is 0.674 bits per heavy atom. The van der Waals surface area contributed by atoms with Crippen molar-refractivity contribution in [2.45, 2.75) is 138 Å². The monoisotopic (exact) mass is 803 g/mol. The molecule has 272 valence electrons. The molecule has 3 saturated carbocycles. The number of hydrogen-bond acceptors (Lipinski definition) is 4. The van der Waals surface area contributed by atoms with E-state index in [0.29, 0.717) is 0 Å². The predicted molar refractivity (Wildman–Crippen MR) is 145 cm³/mol. The zero-order valence-electron chi connectivity index (χ0n) is 24.6. The van der Waals surface area contributed by atoms with E-state index in [4.69, 9.17) is 10.2 Å². The van der Waals surface area contributed by atoms with Crippen LogP contribution < -0.4 is 0 Å². The number of carbonyl (C=O) groups is 2. The number of ketones is 2. The molecule has 0 aliphatic heterocycles. The van der Waals surface area contributed by atoms with Crippen LogP contribution in [0.3, 0.4) is 0 Å². The van der Waals surface area contributed by atoms with Gasteiger partial charge in [0.1, 0.15) is 0 Å². The summed E-state index contributed by atoms with van der Waals surface area (Å²) < 4.78 is 136. The van der Waals surface area contributed by atoms with Crippen LogP contribution in [0.15, 0.2) is 23.7 Å². The Kier molecular flexibility index (Phi) is 19.0. The Morgan fingerprint density at radius 3 is 0.848 bits per heavy atom. The molecule has 0 bridgehead atoms. The largest absolute Gasteiger partial charge is 0.504 e. The molecular weight excluding hydrogens is 766 g/mol. The maximum atomic E-state index is 11.4. The maximum absolute atomic E-state index is 11.4. The van der Waals surface area contributed by atoms with Gasteiger partial charge in [0.05, 0.1) is 17.0 Å². The van der Waals surface area contributed by atoms with Gasteiger partial charge in [-0.05, 0) is 77.0 Å². The van der Waals surface area contributed by atoms with Gasteiger partial charge in [0, 0.05) is 40.5 Å². The van der Waals surface area contributed by atoms with Gasteiger partial charge in [0.2, 0.25) is 11.5 Å². The van der Waals surface area contributed by atoms with E-state index in [9.17, 15) is 62.3 Å². The number of carbonyl (C=O) groups excluding carboxylic acids is 2. The van der Waals surface area contributed by atoms with Crippen molar-refractivity contribution < 1.29 is 92.9 Å². The molecule has 0 spiro atoms. The predicted octanol–water partition coefficient (Wildman–Crippen LogP) is 10.4.